The Bertz CT molecular complexity index is 1710. The Morgan fingerprint density at radius 3 is 2.54 bits per heavy atom. The van der Waals surface area contributed by atoms with Gasteiger partial charge in [0.15, 0.2) is 22.8 Å². The first-order valence-electron chi connectivity index (χ1n) is 13.6. The highest BCUT2D eigenvalue weighted by Crippen LogP contribution is 2.33. The summed E-state index contributed by atoms with van der Waals surface area (Å²) in [5.74, 6) is 0.261. The second-order valence-corrected chi connectivity index (χ2v) is 10.1. The number of benzene rings is 1. The van der Waals surface area contributed by atoms with E-state index in [4.69, 9.17) is 14.7 Å². The molecule has 7 rings (SSSR count). The normalized spacial score (nSPS) is 16.8. The van der Waals surface area contributed by atoms with E-state index in [2.05, 4.69) is 15.0 Å². The third kappa shape index (κ3) is 4.55. The molecule has 13 heteroatoms. The predicted molar refractivity (Wildman–Crippen MR) is 146 cm³/mol. The molecule has 0 unspecified atom stereocenters. The van der Waals surface area contributed by atoms with E-state index in [1.54, 1.807) is 55.1 Å². The van der Waals surface area contributed by atoms with Crippen LogP contribution in [0.1, 0.15) is 41.5 Å². The molecule has 4 aromatic heterocycles. The van der Waals surface area contributed by atoms with E-state index < -0.39 is 12.2 Å². The van der Waals surface area contributed by atoms with Crippen molar-refractivity contribution in [2.75, 3.05) is 44.3 Å². The number of likely N-dealkylation sites (tertiary alicyclic amines) is 1. The third-order valence-corrected chi connectivity index (χ3v) is 7.73. The van der Waals surface area contributed by atoms with E-state index in [1.165, 1.54) is 4.57 Å². The van der Waals surface area contributed by atoms with Gasteiger partial charge in [-0.3, -0.25) is 14.3 Å². The minimum Gasteiger partial charge on any atom is -0.378 e. The number of rotatable bonds is 5. The monoisotopic (exact) mass is 559 g/mol. The van der Waals surface area contributed by atoms with Gasteiger partial charge in [-0.15, -0.1) is 0 Å². The molecule has 0 bridgehead atoms. The maximum absolute atomic E-state index is 14.3. The lowest BCUT2D eigenvalue weighted by Crippen LogP contribution is -2.39. The highest BCUT2D eigenvalue weighted by atomic mass is 19.3. The Morgan fingerprint density at radius 1 is 0.976 bits per heavy atom. The fourth-order valence-corrected chi connectivity index (χ4v) is 5.65. The SMILES string of the molecule is O=C(c1cccnc1)N1CCC(n2cnc3c(-n4c(C(F)F)nc5ccccc54)nc(N4CCOCC4)nc32)CC1. The quantitative estimate of drug-likeness (QED) is 0.320. The molecule has 2 aliphatic rings. The lowest BCUT2D eigenvalue weighted by Gasteiger charge is -2.33. The van der Waals surface area contributed by atoms with Gasteiger partial charge in [0.25, 0.3) is 12.3 Å². The topological polar surface area (TPSA) is 107 Å². The van der Waals surface area contributed by atoms with Crippen molar-refractivity contribution in [2.24, 2.45) is 0 Å². The number of halogens is 2. The summed E-state index contributed by atoms with van der Waals surface area (Å²) in [7, 11) is 0. The molecule has 0 aliphatic carbocycles. The predicted octanol–water partition coefficient (Wildman–Crippen LogP) is 3.81. The van der Waals surface area contributed by atoms with Crippen molar-refractivity contribution >= 4 is 34.1 Å². The van der Waals surface area contributed by atoms with Crippen LogP contribution < -0.4 is 4.90 Å². The molecule has 1 aromatic carbocycles. The Balaban J connectivity index is 1.30. The smallest absolute Gasteiger partial charge is 0.296 e. The van der Waals surface area contributed by atoms with E-state index in [-0.39, 0.29) is 17.8 Å². The van der Waals surface area contributed by atoms with Gasteiger partial charge in [0.2, 0.25) is 5.95 Å². The minimum absolute atomic E-state index is 0.0207. The van der Waals surface area contributed by atoms with E-state index in [0.29, 0.717) is 85.9 Å². The van der Waals surface area contributed by atoms with Crippen molar-refractivity contribution in [3.8, 4) is 5.82 Å². The molecule has 2 fully saturated rings. The largest absolute Gasteiger partial charge is 0.378 e. The number of aromatic nitrogens is 7. The van der Waals surface area contributed by atoms with Crippen LogP contribution in [-0.2, 0) is 4.74 Å². The number of carbonyl (C=O) groups is 1. The van der Waals surface area contributed by atoms with Crippen LogP contribution in [0.15, 0.2) is 55.1 Å². The maximum atomic E-state index is 14.3. The van der Waals surface area contributed by atoms with Crippen LogP contribution in [-0.4, -0.2) is 84.3 Å². The van der Waals surface area contributed by atoms with Crippen LogP contribution in [0.3, 0.4) is 0 Å². The molecule has 210 valence electrons. The number of alkyl halides is 2. The summed E-state index contributed by atoms with van der Waals surface area (Å²) in [6, 6.07) is 10.6. The lowest BCUT2D eigenvalue weighted by molar-refractivity contribution is 0.0695. The number of nitrogens with zero attached hydrogens (tertiary/aromatic N) is 9. The number of ether oxygens (including phenoxy) is 1. The average Bonchev–Trinajstić information content (AvgIpc) is 3.64. The molecular weight excluding hydrogens is 532 g/mol. The van der Waals surface area contributed by atoms with Gasteiger partial charge in [-0.2, -0.15) is 9.97 Å². The molecule has 11 nitrogen and oxygen atoms in total. The summed E-state index contributed by atoms with van der Waals surface area (Å²) in [6.07, 6.45) is 3.50. The number of fused-ring (bicyclic) bond motifs is 2. The summed E-state index contributed by atoms with van der Waals surface area (Å²) in [5, 5.41) is 0. The van der Waals surface area contributed by atoms with Gasteiger partial charge in [-0.05, 0) is 37.1 Å². The summed E-state index contributed by atoms with van der Waals surface area (Å²) in [5.41, 5.74) is 2.52. The van der Waals surface area contributed by atoms with Gasteiger partial charge in [0, 0.05) is 44.6 Å². The molecule has 41 heavy (non-hydrogen) atoms. The fraction of sp³-hybridized carbons (Fsp3) is 0.357. The van der Waals surface area contributed by atoms with Gasteiger partial charge in [-0.25, -0.2) is 18.7 Å². The highest BCUT2D eigenvalue weighted by Gasteiger charge is 2.30. The van der Waals surface area contributed by atoms with Gasteiger partial charge < -0.3 is 19.1 Å². The number of imidazole rings is 2. The highest BCUT2D eigenvalue weighted by molar-refractivity contribution is 5.94. The number of morpholine rings is 1. The number of para-hydroxylation sites is 2. The Hall–Kier alpha value is -4.52. The molecule has 1 amide bonds. The van der Waals surface area contributed by atoms with Crippen molar-refractivity contribution in [3.63, 3.8) is 0 Å². The second kappa shape index (κ2) is 10.5. The van der Waals surface area contributed by atoms with Crippen molar-refractivity contribution in [1.29, 1.82) is 0 Å². The number of piperidine rings is 1. The Labute approximate surface area is 233 Å². The van der Waals surface area contributed by atoms with E-state index in [9.17, 15) is 13.6 Å². The lowest BCUT2D eigenvalue weighted by atomic mass is 10.0. The first-order chi connectivity index (χ1) is 20.1. The summed E-state index contributed by atoms with van der Waals surface area (Å²) >= 11 is 0. The number of amides is 1. The molecule has 0 N–H and O–H groups in total. The third-order valence-electron chi connectivity index (χ3n) is 7.73. The van der Waals surface area contributed by atoms with Crippen molar-refractivity contribution in [1.82, 2.24) is 39.0 Å². The van der Waals surface area contributed by atoms with Crippen LogP contribution >= 0.6 is 0 Å². The van der Waals surface area contributed by atoms with Gasteiger partial charge in [0.05, 0.1) is 36.1 Å². The number of pyridine rings is 1. The van der Waals surface area contributed by atoms with Crippen molar-refractivity contribution in [3.05, 3.63) is 66.5 Å². The molecule has 0 radical (unpaired) electrons. The van der Waals surface area contributed by atoms with E-state index in [1.807, 2.05) is 14.4 Å². The molecule has 6 heterocycles. The summed E-state index contributed by atoms with van der Waals surface area (Å²) in [4.78, 5) is 39.4. The number of hydrogen-bond donors (Lipinski definition) is 0. The molecule has 0 spiro atoms. The second-order valence-electron chi connectivity index (χ2n) is 10.1. The molecular formula is C28H27F2N9O2. The van der Waals surface area contributed by atoms with E-state index in [0.717, 1.165) is 0 Å². The summed E-state index contributed by atoms with van der Waals surface area (Å²) in [6.45, 7) is 3.34. The minimum atomic E-state index is -2.82. The van der Waals surface area contributed by atoms with Crippen molar-refractivity contribution in [2.45, 2.75) is 25.3 Å². The first kappa shape index (κ1) is 25.4. The van der Waals surface area contributed by atoms with Crippen LogP contribution in [0.25, 0.3) is 28.0 Å². The zero-order chi connectivity index (χ0) is 27.9. The first-order valence-corrected chi connectivity index (χ1v) is 13.6. The standard InChI is InChI=1S/C28H27F2N9O2/c29-23(30)26-33-20-5-1-2-6-21(20)39(26)25-22-24(34-28(35-25)37-12-14-41-15-13-37)38(17-32-22)19-7-10-36(11-8-19)27(40)18-4-3-9-31-16-18/h1-6,9,16-17,19,23H,7-8,10-15H2. The maximum Gasteiger partial charge on any atom is 0.296 e. The van der Waals surface area contributed by atoms with Gasteiger partial charge in [-0.1, -0.05) is 12.1 Å². The molecule has 2 saturated heterocycles. The fourth-order valence-electron chi connectivity index (χ4n) is 5.65. The molecule has 5 aromatic rings. The van der Waals surface area contributed by atoms with E-state index >= 15 is 0 Å². The van der Waals surface area contributed by atoms with Crippen molar-refractivity contribution < 1.29 is 18.3 Å². The Morgan fingerprint density at radius 2 is 1.78 bits per heavy atom. The summed E-state index contributed by atoms with van der Waals surface area (Å²) < 4.78 is 37.5. The average molecular weight is 560 g/mol. The van der Waals surface area contributed by atoms with Crippen LogP contribution in [0.5, 0.6) is 0 Å². The van der Waals surface area contributed by atoms with Crippen LogP contribution in [0.2, 0.25) is 0 Å². The zero-order valence-corrected chi connectivity index (χ0v) is 22.1. The Kier molecular flexibility index (Phi) is 6.50. The number of anilines is 1. The number of carbonyl (C=O) groups excluding carboxylic acids is 1. The van der Waals surface area contributed by atoms with Crippen LogP contribution in [0, 0.1) is 0 Å². The van der Waals surface area contributed by atoms with Gasteiger partial charge >= 0.3 is 0 Å². The molecule has 0 atom stereocenters. The zero-order valence-electron chi connectivity index (χ0n) is 22.1. The van der Waals surface area contributed by atoms with Gasteiger partial charge in [0.1, 0.15) is 0 Å². The number of hydrogen-bond acceptors (Lipinski definition) is 8. The molecule has 2 aliphatic heterocycles. The van der Waals surface area contributed by atoms with Crippen LogP contribution in [0.4, 0.5) is 14.7 Å². The molecule has 0 saturated carbocycles.